The lowest BCUT2D eigenvalue weighted by Gasteiger charge is -1.50. The molecule has 2 nitrogen and oxygen atoms in total. The van der Waals surface area contributed by atoms with Gasteiger partial charge in [0.2, 0.25) is 0 Å². The lowest BCUT2D eigenvalue weighted by molar-refractivity contribution is 0.199. The first kappa shape index (κ1) is 7.49. The summed E-state index contributed by atoms with van der Waals surface area (Å²) in [5.41, 5.74) is 0. The molecule has 0 saturated carbocycles. The van der Waals surface area contributed by atoms with E-state index in [2.05, 4.69) is 6.92 Å². The monoisotopic (exact) mass is 124 g/mol. The maximum absolute atomic E-state index is 9.69. The van der Waals surface area contributed by atoms with Crippen LogP contribution >= 0.6 is 0 Å². The van der Waals surface area contributed by atoms with Gasteiger partial charge in [0.15, 0.2) is 0 Å². The van der Waals surface area contributed by atoms with Crippen LogP contribution in [0.25, 0.3) is 0 Å². The Morgan fingerprint density at radius 2 is 1.88 bits per heavy atom. The zero-order valence-corrected chi connectivity index (χ0v) is 4.36. The van der Waals surface area contributed by atoms with Crippen LogP contribution in [0.3, 0.4) is 0 Å². The summed E-state index contributed by atoms with van der Waals surface area (Å²) in [5, 5.41) is 0. The molecule has 0 bridgehead atoms. The molecule has 1 saturated heterocycles. The number of hydrogen-bond donors (Lipinski definition) is 0. The number of carbonyl (C=O) groups excluding carboxylic acids is 1. The van der Waals surface area contributed by atoms with E-state index in [1.54, 1.807) is 0 Å². The molecule has 0 spiro atoms. The van der Waals surface area contributed by atoms with Crippen molar-refractivity contribution >= 4 is 6.29 Å². The van der Waals surface area contributed by atoms with Crippen LogP contribution < -0.4 is 0 Å². The smallest absolute Gasteiger partial charge is 0.373 e. The normalized spacial score (nSPS) is 23.1. The molecule has 0 aliphatic carbocycles. The van der Waals surface area contributed by atoms with Crippen LogP contribution in [-0.4, -0.2) is 19.0 Å². The lowest BCUT2D eigenvalue weighted by Crippen LogP contribution is -1.60. The largest absolute Gasteiger partial charge is 0.483 e. The molecule has 4 heteroatoms. The van der Waals surface area contributed by atoms with Crippen LogP contribution in [-0.2, 0) is 4.74 Å². The quantitative estimate of drug-likeness (QED) is 0.361. The highest BCUT2D eigenvalue weighted by atomic mass is 19.3. The Morgan fingerprint density at radius 1 is 1.75 bits per heavy atom. The van der Waals surface area contributed by atoms with Crippen molar-refractivity contribution in [2.45, 2.75) is 13.0 Å². The van der Waals surface area contributed by atoms with Crippen molar-refractivity contribution in [3.05, 3.63) is 0 Å². The Kier molecular flexibility index (Phi) is 3.26. The summed E-state index contributed by atoms with van der Waals surface area (Å²) in [6, 6.07) is 0. The average Bonchev–Trinajstić information content (AvgIpc) is 2.19. The maximum Gasteiger partial charge on any atom is 0.483 e. The molecule has 8 heavy (non-hydrogen) atoms. The van der Waals surface area contributed by atoms with Gasteiger partial charge in [-0.25, -0.2) is 4.79 Å². The summed E-state index contributed by atoms with van der Waals surface area (Å²) in [6.45, 7) is 3.04. The van der Waals surface area contributed by atoms with Gasteiger partial charge in [-0.3, -0.25) is 0 Å². The topological polar surface area (TPSA) is 29.6 Å². The second-order valence-electron chi connectivity index (χ2n) is 1.37. The molecular weight excluding hydrogens is 118 g/mol. The first-order valence-corrected chi connectivity index (χ1v) is 2.09. The Hall–Kier alpha value is -0.510. The van der Waals surface area contributed by atoms with Crippen molar-refractivity contribution in [1.82, 2.24) is 0 Å². The van der Waals surface area contributed by atoms with E-state index in [9.17, 15) is 8.78 Å². The average molecular weight is 124 g/mol. The molecule has 0 aromatic carbocycles. The van der Waals surface area contributed by atoms with Crippen LogP contribution in [0.1, 0.15) is 6.92 Å². The van der Waals surface area contributed by atoms with E-state index >= 15 is 0 Å². The minimum Gasteiger partial charge on any atom is -0.373 e. The molecule has 1 aliphatic heterocycles. The molecule has 1 aliphatic rings. The Balaban J connectivity index is 0.000000122. The van der Waals surface area contributed by atoms with Gasteiger partial charge in [0.1, 0.15) is 0 Å². The molecule has 1 rings (SSSR count). The molecule has 1 atom stereocenters. The molecule has 0 N–H and O–H groups in total. The number of halogens is 2. The van der Waals surface area contributed by atoms with Crippen molar-refractivity contribution in [3.63, 3.8) is 0 Å². The van der Waals surface area contributed by atoms with Gasteiger partial charge in [-0.2, -0.15) is 0 Å². The van der Waals surface area contributed by atoms with E-state index in [4.69, 9.17) is 9.53 Å². The Labute approximate surface area is 45.4 Å². The third-order valence-electron chi connectivity index (χ3n) is 0.500. The molecule has 48 valence electrons. The summed E-state index contributed by atoms with van der Waals surface area (Å²) in [5.74, 6) is 0. The van der Waals surface area contributed by atoms with Gasteiger partial charge < -0.3 is 4.74 Å². The number of rotatable bonds is 0. The van der Waals surface area contributed by atoms with E-state index in [1.807, 2.05) is 0 Å². The maximum atomic E-state index is 9.69. The zero-order chi connectivity index (χ0) is 6.57. The molecule has 1 fully saturated rings. The van der Waals surface area contributed by atoms with E-state index < -0.39 is 6.29 Å². The lowest BCUT2D eigenvalue weighted by atomic mass is 10.6. The van der Waals surface area contributed by atoms with E-state index in [0.29, 0.717) is 6.10 Å². The van der Waals surface area contributed by atoms with Crippen LogP contribution in [0.4, 0.5) is 13.6 Å². The minimum atomic E-state index is -2.83. The fourth-order valence-electron chi connectivity index (χ4n) is 0.0962. The van der Waals surface area contributed by atoms with Gasteiger partial charge in [0, 0.05) is 0 Å². The summed E-state index contributed by atoms with van der Waals surface area (Å²) < 4.78 is 24.1. The summed E-state index contributed by atoms with van der Waals surface area (Å²) in [7, 11) is 0. The fraction of sp³-hybridized carbons (Fsp3) is 0.750. The standard InChI is InChI=1S/C3H6O.CF2O/c1-3-2-4-3;2-1(3)4/h3H,2H2,1H3;. The summed E-state index contributed by atoms with van der Waals surface area (Å²) in [6.07, 6.45) is -2.25. The van der Waals surface area contributed by atoms with Crippen molar-refractivity contribution in [2.24, 2.45) is 0 Å². The molecule has 0 aromatic heterocycles. The SMILES string of the molecule is CC1CO1.O=C(F)F. The van der Waals surface area contributed by atoms with Gasteiger partial charge in [0.25, 0.3) is 0 Å². The Morgan fingerprint density at radius 3 is 1.88 bits per heavy atom. The number of hydrogen-bond acceptors (Lipinski definition) is 2. The fourth-order valence-corrected chi connectivity index (χ4v) is 0.0962. The number of carbonyl (C=O) groups is 1. The van der Waals surface area contributed by atoms with Crippen LogP contribution in [0.2, 0.25) is 0 Å². The molecule has 1 unspecified atom stereocenters. The first-order valence-electron chi connectivity index (χ1n) is 2.09. The third-order valence-corrected chi connectivity index (χ3v) is 0.500. The highest BCUT2D eigenvalue weighted by Gasteiger charge is 2.13. The second kappa shape index (κ2) is 3.49. The predicted octanol–water partition coefficient (Wildman–Crippen LogP) is 1.45. The van der Waals surface area contributed by atoms with Crippen molar-refractivity contribution in [3.8, 4) is 0 Å². The summed E-state index contributed by atoms with van der Waals surface area (Å²) >= 11 is 0. The first-order chi connectivity index (χ1) is 3.63. The van der Waals surface area contributed by atoms with Gasteiger partial charge in [-0.15, -0.1) is 8.78 Å². The summed E-state index contributed by atoms with van der Waals surface area (Å²) in [4.78, 5) is 8.11. The molecular formula is C4H6F2O2. The minimum absolute atomic E-state index is 0.583. The molecule has 1 heterocycles. The van der Waals surface area contributed by atoms with Crippen LogP contribution in [0.15, 0.2) is 0 Å². The highest BCUT2D eigenvalue weighted by Crippen LogP contribution is 2.04. The van der Waals surface area contributed by atoms with Crippen LogP contribution in [0, 0.1) is 0 Å². The van der Waals surface area contributed by atoms with E-state index in [0.717, 1.165) is 6.61 Å². The second-order valence-corrected chi connectivity index (χ2v) is 1.37. The highest BCUT2D eigenvalue weighted by molar-refractivity contribution is 5.55. The van der Waals surface area contributed by atoms with E-state index in [1.165, 1.54) is 0 Å². The van der Waals surface area contributed by atoms with Crippen molar-refractivity contribution in [1.29, 1.82) is 0 Å². The van der Waals surface area contributed by atoms with Crippen molar-refractivity contribution in [2.75, 3.05) is 6.61 Å². The van der Waals surface area contributed by atoms with Gasteiger partial charge >= 0.3 is 6.29 Å². The van der Waals surface area contributed by atoms with E-state index in [-0.39, 0.29) is 0 Å². The predicted molar refractivity (Wildman–Crippen MR) is 23.0 cm³/mol. The number of ether oxygens (including phenoxy) is 1. The van der Waals surface area contributed by atoms with Crippen molar-refractivity contribution < 1.29 is 18.3 Å². The molecule has 0 amide bonds. The Bertz CT molecular complexity index is 76.1. The number of epoxide rings is 1. The van der Waals surface area contributed by atoms with Gasteiger partial charge in [-0.1, -0.05) is 0 Å². The van der Waals surface area contributed by atoms with Gasteiger partial charge in [-0.05, 0) is 6.92 Å². The zero-order valence-electron chi connectivity index (χ0n) is 4.36. The van der Waals surface area contributed by atoms with Crippen LogP contribution in [0.5, 0.6) is 0 Å². The third kappa shape index (κ3) is 17.9. The van der Waals surface area contributed by atoms with Gasteiger partial charge in [0.05, 0.1) is 12.7 Å². The molecule has 0 aromatic rings. The molecule has 0 radical (unpaired) electrons.